The van der Waals surface area contributed by atoms with Gasteiger partial charge < -0.3 is 10.3 Å². The Morgan fingerprint density at radius 1 is 1.05 bits per heavy atom. The summed E-state index contributed by atoms with van der Waals surface area (Å²) in [4.78, 5) is 23.5. The molecule has 0 aliphatic rings. The van der Waals surface area contributed by atoms with Gasteiger partial charge in [0.1, 0.15) is 11.5 Å². The van der Waals surface area contributed by atoms with E-state index in [1.165, 1.54) is 0 Å². The van der Waals surface area contributed by atoms with Crippen LogP contribution in [0.2, 0.25) is 0 Å². The van der Waals surface area contributed by atoms with Gasteiger partial charge in [0.15, 0.2) is 0 Å². The van der Waals surface area contributed by atoms with E-state index < -0.39 is 0 Å². The zero-order valence-corrected chi connectivity index (χ0v) is 12.0. The van der Waals surface area contributed by atoms with Crippen LogP contribution < -0.4 is 5.32 Å². The molecule has 0 aliphatic carbocycles. The summed E-state index contributed by atoms with van der Waals surface area (Å²) in [6, 6.07) is 15.2. The monoisotopic (exact) mass is 292 g/mol. The van der Waals surface area contributed by atoms with Crippen LogP contribution in [0.1, 0.15) is 16.2 Å². The highest BCUT2D eigenvalue weighted by Crippen LogP contribution is 2.14. The molecular formula is C17H16N4O. The number of nitrogens with one attached hydrogen (secondary N) is 2. The van der Waals surface area contributed by atoms with Crippen molar-refractivity contribution in [3.05, 3.63) is 72.3 Å². The Labute approximate surface area is 128 Å². The van der Waals surface area contributed by atoms with Crippen molar-refractivity contribution in [3.63, 3.8) is 0 Å². The lowest BCUT2D eigenvalue weighted by Crippen LogP contribution is -2.26. The SMILES string of the molecule is O=C(NCCc1cnc(-c2ccccc2)[nH]1)c1ccccn1. The fourth-order valence-corrected chi connectivity index (χ4v) is 2.13. The third-order valence-electron chi connectivity index (χ3n) is 3.25. The number of imidazole rings is 1. The lowest BCUT2D eigenvalue weighted by atomic mass is 10.2. The first-order valence-corrected chi connectivity index (χ1v) is 7.11. The number of H-pyrrole nitrogens is 1. The lowest BCUT2D eigenvalue weighted by Gasteiger charge is -2.03. The van der Waals surface area contributed by atoms with E-state index in [4.69, 9.17) is 0 Å². The highest BCUT2D eigenvalue weighted by Gasteiger charge is 2.06. The molecule has 2 heterocycles. The minimum Gasteiger partial charge on any atom is -0.350 e. The molecule has 110 valence electrons. The molecule has 2 N–H and O–H groups in total. The number of amides is 1. The number of benzene rings is 1. The molecule has 0 spiro atoms. The van der Waals surface area contributed by atoms with Crippen LogP contribution in [0.3, 0.4) is 0 Å². The average Bonchev–Trinajstić information content (AvgIpc) is 3.05. The van der Waals surface area contributed by atoms with Crippen LogP contribution >= 0.6 is 0 Å². The summed E-state index contributed by atoms with van der Waals surface area (Å²) in [5, 5.41) is 2.85. The Morgan fingerprint density at radius 2 is 1.86 bits per heavy atom. The molecule has 5 nitrogen and oxygen atoms in total. The number of pyridine rings is 1. The Balaban J connectivity index is 1.55. The summed E-state index contributed by atoms with van der Waals surface area (Å²) in [5.74, 6) is 0.676. The number of aromatic nitrogens is 3. The van der Waals surface area contributed by atoms with Gasteiger partial charge in [0, 0.05) is 36.6 Å². The molecule has 0 fully saturated rings. The fourth-order valence-electron chi connectivity index (χ4n) is 2.13. The third-order valence-corrected chi connectivity index (χ3v) is 3.25. The van der Waals surface area contributed by atoms with Gasteiger partial charge in [-0.2, -0.15) is 0 Å². The van der Waals surface area contributed by atoms with Crippen molar-refractivity contribution >= 4 is 5.91 Å². The van der Waals surface area contributed by atoms with Crippen molar-refractivity contribution in [1.29, 1.82) is 0 Å². The van der Waals surface area contributed by atoms with E-state index in [9.17, 15) is 4.79 Å². The number of carbonyl (C=O) groups is 1. The second-order valence-corrected chi connectivity index (χ2v) is 4.84. The van der Waals surface area contributed by atoms with Gasteiger partial charge in [-0.05, 0) is 12.1 Å². The molecule has 1 aromatic carbocycles. The molecule has 0 saturated heterocycles. The molecule has 0 bridgehead atoms. The van der Waals surface area contributed by atoms with Gasteiger partial charge in [0.05, 0.1) is 0 Å². The molecule has 5 heteroatoms. The normalized spacial score (nSPS) is 10.4. The van der Waals surface area contributed by atoms with Crippen molar-refractivity contribution in [2.24, 2.45) is 0 Å². The number of carbonyl (C=O) groups excluding carboxylic acids is 1. The topological polar surface area (TPSA) is 70.7 Å². The molecule has 3 aromatic rings. The average molecular weight is 292 g/mol. The number of rotatable bonds is 5. The molecule has 0 atom stereocenters. The van der Waals surface area contributed by atoms with Crippen molar-refractivity contribution in [3.8, 4) is 11.4 Å². The second kappa shape index (κ2) is 6.67. The maximum atomic E-state index is 11.9. The van der Waals surface area contributed by atoms with Crippen molar-refractivity contribution in [1.82, 2.24) is 20.3 Å². The van der Waals surface area contributed by atoms with E-state index in [0.717, 1.165) is 17.1 Å². The van der Waals surface area contributed by atoms with Gasteiger partial charge in [-0.3, -0.25) is 9.78 Å². The van der Waals surface area contributed by atoms with E-state index in [1.54, 1.807) is 30.6 Å². The van der Waals surface area contributed by atoms with Gasteiger partial charge >= 0.3 is 0 Å². The second-order valence-electron chi connectivity index (χ2n) is 4.84. The van der Waals surface area contributed by atoms with E-state index in [1.807, 2.05) is 30.3 Å². The predicted octanol–water partition coefficient (Wildman–Crippen LogP) is 2.44. The van der Waals surface area contributed by atoms with Gasteiger partial charge in [-0.15, -0.1) is 0 Å². The van der Waals surface area contributed by atoms with Gasteiger partial charge in [-0.25, -0.2) is 4.98 Å². The number of hydrogen-bond acceptors (Lipinski definition) is 3. The first-order valence-electron chi connectivity index (χ1n) is 7.11. The molecule has 3 rings (SSSR count). The molecular weight excluding hydrogens is 276 g/mol. The zero-order chi connectivity index (χ0) is 15.2. The fraction of sp³-hybridized carbons (Fsp3) is 0.118. The van der Waals surface area contributed by atoms with Crippen LogP contribution in [0, 0.1) is 0 Å². The summed E-state index contributed by atoms with van der Waals surface area (Å²) in [5.41, 5.74) is 2.46. The van der Waals surface area contributed by atoms with E-state index in [0.29, 0.717) is 18.7 Å². The maximum absolute atomic E-state index is 11.9. The maximum Gasteiger partial charge on any atom is 0.269 e. The van der Waals surface area contributed by atoms with Crippen LogP contribution in [0.5, 0.6) is 0 Å². The van der Waals surface area contributed by atoms with Crippen molar-refractivity contribution in [2.75, 3.05) is 6.54 Å². The Morgan fingerprint density at radius 3 is 2.64 bits per heavy atom. The van der Waals surface area contributed by atoms with Crippen LogP contribution in [-0.2, 0) is 6.42 Å². The van der Waals surface area contributed by atoms with Crippen LogP contribution in [0.4, 0.5) is 0 Å². The molecule has 0 unspecified atom stereocenters. The van der Waals surface area contributed by atoms with Crippen LogP contribution in [0.25, 0.3) is 11.4 Å². The van der Waals surface area contributed by atoms with Gasteiger partial charge in [-0.1, -0.05) is 36.4 Å². The highest BCUT2D eigenvalue weighted by atomic mass is 16.1. The van der Waals surface area contributed by atoms with Crippen molar-refractivity contribution in [2.45, 2.75) is 6.42 Å². The van der Waals surface area contributed by atoms with E-state index in [2.05, 4.69) is 20.3 Å². The standard InChI is InChI=1S/C17H16N4O/c22-17(15-8-4-5-10-18-15)19-11-9-14-12-20-16(21-14)13-6-2-1-3-7-13/h1-8,10,12H,9,11H2,(H,19,22)(H,20,21). The lowest BCUT2D eigenvalue weighted by molar-refractivity contribution is 0.0949. The summed E-state index contributed by atoms with van der Waals surface area (Å²) in [6.45, 7) is 0.534. The summed E-state index contributed by atoms with van der Waals surface area (Å²) >= 11 is 0. The smallest absolute Gasteiger partial charge is 0.269 e. The molecule has 22 heavy (non-hydrogen) atoms. The molecule has 0 aliphatic heterocycles. The van der Waals surface area contributed by atoms with Crippen molar-refractivity contribution < 1.29 is 4.79 Å². The van der Waals surface area contributed by atoms with E-state index >= 15 is 0 Å². The van der Waals surface area contributed by atoms with Gasteiger partial charge in [0.2, 0.25) is 0 Å². The largest absolute Gasteiger partial charge is 0.350 e. The number of aromatic amines is 1. The minimum absolute atomic E-state index is 0.164. The summed E-state index contributed by atoms with van der Waals surface area (Å²) in [6.07, 6.45) is 4.10. The van der Waals surface area contributed by atoms with Crippen LogP contribution in [-0.4, -0.2) is 27.4 Å². The number of nitrogens with zero attached hydrogens (tertiary/aromatic N) is 2. The zero-order valence-electron chi connectivity index (χ0n) is 12.0. The molecule has 0 saturated carbocycles. The quantitative estimate of drug-likeness (QED) is 0.759. The molecule has 2 aromatic heterocycles. The molecule has 0 radical (unpaired) electrons. The Hall–Kier alpha value is -2.95. The minimum atomic E-state index is -0.164. The third kappa shape index (κ3) is 3.38. The summed E-state index contributed by atoms with van der Waals surface area (Å²) in [7, 11) is 0. The van der Waals surface area contributed by atoms with Crippen LogP contribution in [0.15, 0.2) is 60.9 Å². The Kier molecular flexibility index (Phi) is 4.25. The first-order chi connectivity index (χ1) is 10.8. The Bertz CT molecular complexity index is 738. The first kappa shape index (κ1) is 14.0. The van der Waals surface area contributed by atoms with E-state index in [-0.39, 0.29) is 5.91 Å². The number of hydrogen-bond donors (Lipinski definition) is 2. The van der Waals surface area contributed by atoms with Gasteiger partial charge in [0.25, 0.3) is 5.91 Å². The molecule has 1 amide bonds. The summed E-state index contributed by atoms with van der Waals surface area (Å²) < 4.78 is 0. The predicted molar refractivity (Wildman–Crippen MR) is 84.3 cm³/mol. The highest BCUT2D eigenvalue weighted by molar-refractivity contribution is 5.92.